The van der Waals surface area contributed by atoms with Gasteiger partial charge in [0.1, 0.15) is 11.8 Å². The average molecular weight is 474 g/mol. The number of amides is 1. The van der Waals surface area contributed by atoms with Gasteiger partial charge in [-0.3, -0.25) is 4.79 Å². The van der Waals surface area contributed by atoms with E-state index in [-0.39, 0.29) is 0 Å². The first kappa shape index (κ1) is 24.3. The number of nitrogens with two attached hydrogens (primary N) is 1. The number of rotatable bonds is 9. The second kappa shape index (κ2) is 10.5. The van der Waals surface area contributed by atoms with Crippen molar-refractivity contribution < 1.29 is 28.8 Å². The minimum atomic E-state index is -1.07. The summed E-state index contributed by atoms with van der Waals surface area (Å²) in [5.74, 6) is 1.46. The van der Waals surface area contributed by atoms with Crippen molar-refractivity contribution in [2.75, 3.05) is 33.8 Å². The predicted octanol–water partition coefficient (Wildman–Crippen LogP) is 3.16. The van der Waals surface area contributed by atoms with Crippen LogP contribution in [0.1, 0.15) is 6.92 Å². The Labute approximate surface area is 196 Å². The number of aliphatic hydroxyl groups is 1. The van der Waals surface area contributed by atoms with Crippen molar-refractivity contribution in [1.82, 2.24) is 4.37 Å². The maximum absolute atomic E-state index is 12.4. The third kappa shape index (κ3) is 5.03. The minimum absolute atomic E-state index is 0.429. The topological polar surface area (TPSA) is 125 Å². The summed E-state index contributed by atoms with van der Waals surface area (Å²) in [6, 6.07) is 7.97. The Morgan fingerprint density at radius 2 is 1.64 bits per heavy atom. The fourth-order valence-electron chi connectivity index (χ4n) is 3.28. The number of ether oxygens (including phenoxy) is 4. The lowest BCUT2D eigenvalue weighted by molar-refractivity contribution is -0.119. The minimum Gasteiger partial charge on any atom is -0.495 e. The molecule has 9 nitrogen and oxygen atoms in total. The highest BCUT2D eigenvalue weighted by Crippen LogP contribution is 2.44. The van der Waals surface area contributed by atoms with Crippen molar-refractivity contribution in [3.8, 4) is 45.4 Å². The summed E-state index contributed by atoms with van der Waals surface area (Å²) in [6.45, 7) is 1.46. The second-order valence-electron chi connectivity index (χ2n) is 7.16. The van der Waals surface area contributed by atoms with Gasteiger partial charge in [-0.05, 0) is 48.3 Å². The Hall–Kier alpha value is -3.34. The Balaban J connectivity index is 2.06. The zero-order chi connectivity index (χ0) is 24.1. The molecule has 3 rings (SSSR count). The van der Waals surface area contributed by atoms with Crippen LogP contribution in [-0.4, -0.2) is 56.0 Å². The van der Waals surface area contributed by atoms with Crippen LogP contribution in [0.3, 0.4) is 0 Å². The molecule has 4 N–H and O–H groups in total. The van der Waals surface area contributed by atoms with Crippen molar-refractivity contribution in [2.45, 2.75) is 19.1 Å². The van der Waals surface area contributed by atoms with Gasteiger partial charge in [-0.1, -0.05) is 6.07 Å². The monoisotopic (exact) mass is 473 g/mol. The lowest BCUT2D eigenvalue weighted by atomic mass is 10.0. The maximum Gasteiger partial charge on any atom is 0.244 e. The van der Waals surface area contributed by atoms with Gasteiger partial charge in [0.2, 0.25) is 11.7 Å². The maximum atomic E-state index is 12.4. The zero-order valence-electron chi connectivity index (χ0n) is 19.0. The molecule has 1 amide bonds. The van der Waals surface area contributed by atoms with E-state index in [1.165, 1.54) is 25.6 Å². The molecule has 3 aromatic rings. The number of methoxy groups -OCH3 is 4. The highest BCUT2D eigenvalue weighted by molar-refractivity contribution is 7.04. The van der Waals surface area contributed by atoms with Gasteiger partial charge in [0.05, 0.1) is 45.9 Å². The molecule has 0 radical (unpaired) electrons. The number of hydrogen-bond acceptors (Lipinski definition) is 9. The molecular formula is C23H27N3O6S. The predicted molar refractivity (Wildman–Crippen MR) is 127 cm³/mol. The zero-order valence-corrected chi connectivity index (χ0v) is 19.9. The second-order valence-corrected chi connectivity index (χ2v) is 7.79. The molecule has 10 heteroatoms. The molecular weight excluding hydrogens is 446 g/mol. The van der Waals surface area contributed by atoms with Crippen molar-refractivity contribution >= 4 is 23.1 Å². The van der Waals surface area contributed by atoms with Crippen LogP contribution < -0.4 is 30.0 Å². The number of aliphatic hydroxyl groups excluding tert-OH is 1. The summed E-state index contributed by atoms with van der Waals surface area (Å²) in [4.78, 5) is 12.4. The molecule has 33 heavy (non-hydrogen) atoms. The van der Waals surface area contributed by atoms with Crippen LogP contribution in [0.15, 0.2) is 35.7 Å². The molecule has 2 aromatic carbocycles. The third-order valence-electron chi connectivity index (χ3n) is 5.10. The van der Waals surface area contributed by atoms with E-state index in [9.17, 15) is 9.90 Å². The molecule has 0 saturated heterocycles. The van der Waals surface area contributed by atoms with Crippen molar-refractivity contribution in [1.29, 1.82) is 0 Å². The Bertz CT molecular complexity index is 1110. The molecule has 0 aliphatic rings. The molecule has 0 fully saturated rings. The number of aromatic nitrogens is 1. The summed E-state index contributed by atoms with van der Waals surface area (Å²) in [7, 11) is 6.16. The van der Waals surface area contributed by atoms with Crippen molar-refractivity contribution in [2.24, 2.45) is 5.73 Å². The van der Waals surface area contributed by atoms with Gasteiger partial charge < -0.3 is 35.1 Å². The molecule has 1 aromatic heterocycles. The molecule has 0 aliphatic carbocycles. The summed E-state index contributed by atoms with van der Waals surface area (Å²) in [5.41, 5.74) is 9.32. The Kier molecular flexibility index (Phi) is 7.75. The molecule has 0 saturated carbocycles. The van der Waals surface area contributed by atoms with Crippen LogP contribution in [-0.2, 0) is 4.79 Å². The molecule has 176 valence electrons. The average Bonchev–Trinajstić information content (AvgIpc) is 3.32. The van der Waals surface area contributed by atoms with Gasteiger partial charge in [-0.15, -0.1) is 0 Å². The first-order chi connectivity index (χ1) is 15.8. The lowest BCUT2D eigenvalue weighted by Crippen LogP contribution is -2.43. The molecule has 2 unspecified atom stereocenters. The van der Waals surface area contributed by atoms with E-state index in [0.717, 1.165) is 16.7 Å². The van der Waals surface area contributed by atoms with Gasteiger partial charge >= 0.3 is 0 Å². The third-order valence-corrected chi connectivity index (χ3v) is 5.73. The first-order valence-electron chi connectivity index (χ1n) is 10.0. The molecule has 1 heterocycles. The van der Waals surface area contributed by atoms with E-state index >= 15 is 0 Å². The lowest BCUT2D eigenvalue weighted by Gasteiger charge is -2.17. The van der Waals surface area contributed by atoms with Crippen LogP contribution >= 0.6 is 11.5 Å². The standard InChI is InChI=1S/C23H27N3O6S/c1-12(27)20(24)23(28)25-16-8-13(6-7-17(16)29-2)15-11-33-26-21(15)14-9-18(30-3)22(32-5)19(10-14)31-4/h6-12,20,27H,24H2,1-5H3,(H,25,28). The highest BCUT2D eigenvalue weighted by Gasteiger charge is 2.22. The van der Waals surface area contributed by atoms with Crippen LogP contribution in [0.2, 0.25) is 0 Å². The van der Waals surface area contributed by atoms with Gasteiger partial charge in [0.15, 0.2) is 11.5 Å². The van der Waals surface area contributed by atoms with E-state index in [4.69, 9.17) is 24.7 Å². The van der Waals surface area contributed by atoms with E-state index in [2.05, 4.69) is 9.69 Å². The molecule has 0 spiro atoms. The fraction of sp³-hybridized carbons (Fsp3) is 0.304. The number of anilines is 1. The molecule has 0 aliphatic heterocycles. The Morgan fingerprint density at radius 1 is 1.00 bits per heavy atom. The largest absolute Gasteiger partial charge is 0.495 e. The summed E-state index contributed by atoms with van der Waals surface area (Å²) < 4.78 is 26.3. The summed E-state index contributed by atoms with van der Waals surface area (Å²) >= 11 is 1.30. The summed E-state index contributed by atoms with van der Waals surface area (Å²) in [5, 5.41) is 14.3. The van der Waals surface area contributed by atoms with Crippen LogP contribution in [0.25, 0.3) is 22.4 Å². The number of benzene rings is 2. The Morgan fingerprint density at radius 3 is 2.18 bits per heavy atom. The number of hydrogen-bond donors (Lipinski definition) is 3. The van der Waals surface area contributed by atoms with Crippen LogP contribution in [0.4, 0.5) is 5.69 Å². The molecule has 0 bridgehead atoms. The summed E-state index contributed by atoms with van der Waals surface area (Å²) in [6.07, 6.45) is -0.994. The van der Waals surface area contributed by atoms with Gasteiger partial charge in [-0.2, -0.15) is 4.37 Å². The smallest absolute Gasteiger partial charge is 0.244 e. The number of nitrogens with one attached hydrogen (secondary N) is 1. The molecule has 2 atom stereocenters. The van der Waals surface area contributed by atoms with Gasteiger partial charge in [-0.25, -0.2) is 0 Å². The van der Waals surface area contributed by atoms with Gasteiger partial charge in [0, 0.05) is 16.5 Å². The van der Waals surface area contributed by atoms with Crippen LogP contribution in [0.5, 0.6) is 23.0 Å². The van der Waals surface area contributed by atoms with E-state index in [1.54, 1.807) is 33.5 Å². The quantitative estimate of drug-likeness (QED) is 0.433. The fourth-order valence-corrected chi connectivity index (χ4v) is 3.99. The van der Waals surface area contributed by atoms with Crippen molar-refractivity contribution in [3.05, 3.63) is 35.7 Å². The van der Waals surface area contributed by atoms with Crippen LogP contribution in [0, 0.1) is 0 Å². The van der Waals surface area contributed by atoms with Gasteiger partial charge in [0.25, 0.3) is 0 Å². The van der Waals surface area contributed by atoms with E-state index in [1.807, 2.05) is 23.6 Å². The van der Waals surface area contributed by atoms with E-state index in [0.29, 0.717) is 34.4 Å². The number of nitrogens with zero attached hydrogens (tertiary/aromatic N) is 1. The normalized spacial score (nSPS) is 12.6. The SMILES string of the molecule is COc1ccc(-c2csnc2-c2cc(OC)c(OC)c(OC)c2)cc1NC(=O)C(N)C(C)O. The first-order valence-corrected chi connectivity index (χ1v) is 10.9. The van der Waals surface area contributed by atoms with Crippen molar-refractivity contribution in [3.63, 3.8) is 0 Å². The highest BCUT2D eigenvalue weighted by atomic mass is 32.1. The number of carbonyl (C=O) groups is 1. The van der Waals surface area contributed by atoms with E-state index < -0.39 is 18.1 Å². The number of carbonyl (C=O) groups excluding carboxylic acids is 1.